The van der Waals surface area contributed by atoms with Gasteiger partial charge in [0.2, 0.25) is 0 Å². The summed E-state index contributed by atoms with van der Waals surface area (Å²) in [5.74, 6) is 0. The van der Waals surface area contributed by atoms with Crippen LogP contribution < -0.4 is 5.73 Å². The Morgan fingerprint density at radius 2 is 1.73 bits per heavy atom. The first-order chi connectivity index (χ1) is 10.5. The molecule has 0 amide bonds. The van der Waals surface area contributed by atoms with Crippen molar-refractivity contribution in [2.45, 2.75) is 45.6 Å². The third kappa shape index (κ3) is 7.79. The predicted molar refractivity (Wildman–Crippen MR) is 94.2 cm³/mol. The van der Waals surface area contributed by atoms with Crippen LogP contribution in [0.2, 0.25) is 0 Å². The van der Waals surface area contributed by atoms with Crippen LogP contribution >= 0.6 is 0 Å². The van der Waals surface area contributed by atoms with Crippen LogP contribution in [0.4, 0.5) is 0 Å². The Hall–Kier alpha value is -1.87. The van der Waals surface area contributed by atoms with E-state index >= 15 is 0 Å². The first kappa shape index (κ1) is 18.2. The Kier molecular flexibility index (Phi) is 8.23. The van der Waals surface area contributed by atoms with Gasteiger partial charge in [-0.25, -0.2) is 0 Å². The minimum atomic E-state index is -0.0937. The number of hydrogen-bond donors (Lipinski definition) is 2. The number of oxime groups is 1. The van der Waals surface area contributed by atoms with Gasteiger partial charge >= 0.3 is 0 Å². The fraction of sp³-hybridized carbons (Fsp3) is 0.421. The molecule has 0 aliphatic rings. The van der Waals surface area contributed by atoms with Crippen LogP contribution in [0.5, 0.6) is 0 Å². The zero-order valence-electron chi connectivity index (χ0n) is 13.7. The first-order valence-electron chi connectivity index (χ1n) is 7.84. The van der Waals surface area contributed by atoms with Crippen molar-refractivity contribution < 1.29 is 5.21 Å². The number of rotatable bonds is 9. The largest absolute Gasteiger partial charge is 0.411 e. The van der Waals surface area contributed by atoms with Gasteiger partial charge in [-0.15, -0.1) is 5.16 Å². The molecule has 1 atom stereocenters. The normalized spacial score (nSPS) is 14.3. The molecule has 0 aromatic heterocycles. The van der Waals surface area contributed by atoms with Gasteiger partial charge in [-0.3, -0.25) is 0 Å². The Morgan fingerprint density at radius 1 is 1.09 bits per heavy atom. The van der Waals surface area contributed by atoms with E-state index in [1.165, 1.54) is 5.56 Å². The molecule has 120 valence electrons. The summed E-state index contributed by atoms with van der Waals surface area (Å²) in [5.41, 5.74) is 7.22. The highest BCUT2D eigenvalue weighted by Crippen LogP contribution is 2.18. The van der Waals surface area contributed by atoms with Gasteiger partial charge in [0, 0.05) is 17.7 Å². The van der Waals surface area contributed by atoms with E-state index in [0.29, 0.717) is 0 Å². The van der Waals surface area contributed by atoms with Crippen molar-refractivity contribution in [2.24, 2.45) is 16.3 Å². The maximum absolute atomic E-state index is 8.55. The second-order valence-corrected chi connectivity index (χ2v) is 6.21. The number of unbranched alkanes of at least 4 members (excludes halogenated alkanes) is 1. The lowest BCUT2D eigenvalue weighted by Crippen LogP contribution is -2.11. The predicted octanol–water partition coefficient (Wildman–Crippen LogP) is 4.85. The van der Waals surface area contributed by atoms with E-state index in [2.05, 4.69) is 41.6 Å². The maximum Gasteiger partial charge on any atom is 0.0495 e. The fourth-order valence-corrected chi connectivity index (χ4v) is 2.10. The molecular weight excluding hydrogens is 272 g/mol. The number of nitrogens with two attached hydrogens (primary N) is 1. The maximum atomic E-state index is 8.55. The standard InChI is InChI=1S/C19H28N2O/c1-19(2,16-21-22)15-11-6-4-3-5-10-14-18(20)17-12-8-7-9-13-17/h5-13,16,18,22H,3-4,14-15,20H2,1-2H3. The molecule has 1 unspecified atom stereocenters. The van der Waals surface area contributed by atoms with Crippen LogP contribution in [0.1, 0.15) is 51.1 Å². The van der Waals surface area contributed by atoms with Crippen molar-refractivity contribution in [2.75, 3.05) is 0 Å². The SMILES string of the molecule is CC(C)(C=NO)CC=CCCC=CCC(N)c1ccccc1. The van der Waals surface area contributed by atoms with Crippen LogP contribution in [-0.4, -0.2) is 11.4 Å². The highest BCUT2D eigenvalue weighted by Gasteiger charge is 2.12. The van der Waals surface area contributed by atoms with E-state index in [0.717, 1.165) is 25.7 Å². The highest BCUT2D eigenvalue weighted by molar-refractivity contribution is 5.64. The van der Waals surface area contributed by atoms with Gasteiger partial charge in [0.15, 0.2) is 0 Å². The van der Waals surface area contributed by atoms with Crippen LogP contribution in [-0.2, 0) is 0 Å². The molecule has 0 aliphatic carbocycles. The van der Waals surface area contributed by atoms with Crippen molar-refractivity contribution in [3.63, 3.8) is 0 Å². The van der Waals surface area contributed by atoms with Crippen molar-refractivity contribution in [1.82, 2.24) is 0 Å². The van der Waals surface area contributed by atoms with Gasteiger partial charge in [-0.1, -0.05) is 68.5 Å². The lowest BCUT2D eigenvalue weighted by Gasteiger charge is -2.14. The third-order valence-electron chi connectivity index (χ3n) is 3.50. The van der Waals surface area contributed by atoms with E-state index in [9.17, 15) is 0 Å². The molecule has 0 fully saturated rings. The van der Waals surface area contributed by atoms with Gasteiger partial charge in [-0.05, 0) is 31.2 Å². The van der Waals surface area contributed by atoms with E-state index < -0.39 is 0 Å². The molecule has 1 aromatic rings. The first-order valence-corrected chi connectivity index (χ1v) is 7.84. The van der Waals surface area contributed by atoms with Crippen LogP contribution in [0, 0.1) is 5.41 Å². The highest BCUT2D eigenvalue weighted by atomic mass is 16.4. The van der Waals surface area contributed by atoms with Crippen molar-refractivity contribution in [3.8, 4) is 0 Å². The molecule has 0 saturated heterocycles. The van der Waals surface area contributed by atoms with Crippen molar-refractivity contribution in [3.05, 3.63) is 60.2 Å². The van der Waals surface area contributed by atoms with Crippen LogP contribution in [0.25, 0.3) is 0 Å². The molecule has 1 aromatic carbocycles. The van der Waals surface area contributed by atoms with Crippen LogP contribution in [0.15, 0.2) is 59.8 Å². The van der Waals surface area contributed by atoms with E-state index in [1.54, 1.807) is 6.21 Å². The lowest BCUT2D eigenvalue weighted by atomic mass is 9.91. The second-order valence-electron chi connectivity index (χ2n) is 6.21. The van der Waals surface area contributed by atoms with E-state index in [-0.39, 0.29) is 11.5 Å². The summed E-state index contributed by atoms with van der Waals surface area (Å²) in [5, 5.41) is 11.7. The lowest BCUT2D eigenvalue weighted by molar-refractivity contribution is 0.313. The molecule has 3 N–H and O–H groups in total. The van der Waals surface area contributed by atoms with E-state index in [4.69, 9.17) is 10.9 Å². The van der Waals surface area contributed by atoms with Gasteiger partial charge < -0.3 is 10.9 Å². The van der Waals surface area contributed by atoms with Gasteiger partial charge in [0.1, 0.15) is 0 Å². The van der Waals surface area contributed by atoms with E-state index in [1.807, 2.05) is 32.0 Å². The Balaban J connectivity index is 2.19. The number of nitrogens with zero attached hydrogens (tertiary/aromatic N) is 1. The summed E-state index contributed by atoms with van der Waals surface area (Å²) < 4.78 is 0. The number of benzene rings is 1. The summed E-state index contributed by atoms with van der Waals surface area (Å²) in [6.45, 7) is 4.09. The molecular formula is C19H28N2O. The molecule has 1 rings (SSSR count). The number of allylic oxidation sites excluding steroid dienone is 3. The summed E-state index contributed by atoms with van der Waals surface area (Å²) in [6, 6.07) is 10.3. The molecule has 0 heterocycles. The van der Waals surface area contributed by atoms with Gasteiger partial charge in [0.25, 0.3) is 0 Å². The topological polar surface area (TPSA) is 58.6 Å². The molecule has 22 heavy (non-hydrogen) atoms. The molecule has 0 saturated carbocycles. The Bertz CT molecular complexity index is 489. The molecule has 0 spiro atoms. The second kappa shape index (κ2) is 9.96. The Labute approximate surface area is 134 Å². The molecule has 0 radical (unpaired) electrons. The monoisotopic (exact) mass is 300 g/mol. The molecule has 0 bridgehead atoms. The quantitative estimate of drug-likeness (QED) is 0.225. The third-order valence-corrected chi connectivity index (χ3v) is 3.50. The zero-order valence-corrected chi connectivity index (χ0v) is 13.7. The minimum absolute atomic E-state index is 0.0755. The average molecular weight is 300 g/mol. The molecule has 3 heteroatoms. The average Bonchev–Trinajstić information content (AvgIpc) is 2.50. The fourth-order valence-electron chi connectivity index (χ4n) is 2.10. The number of hydrogen-bond acceptors (Lipinski definition) is 3. The molecule has 3 nitrogen and oxygen atoms in total. The summed E-state index contributed by atoms with van der Waals surface area (Å²) in [6.07, 6.45) is 14.0. The smallest absolute Gasteiger partial charge is 0.0495 e. The molecule has 0 aliphatic heterocycles. The summed E-state index contributed by atoms with van der Waals surface area (Å²) in [7, 11) is 0. The van der Waals surface area contributed by atoms with Gasteiger partial charge in [0.05, 0.1) is 0 Å². The van der Waals surface area contributed by atoms with Crippen molar-refractivity contribution >= 4 is 6.21 Å². The van der Waals surface area contributed by atoms with Gasteiger partial charge in [-0.2, -0.15) is 0 Å². The van der Waals surface area contributed by atoms with Crippen molar-refractivity contribution in [1.29, 1.82) is 0 Å². The Morgan fingerprint density at radius 3 is 2.36 bits per heavy atom. The van der Waals surface area contributed by atoms with Crippen LogP contribution in [0.3, 0.4) is 0 Å². The summed E-state index contributed by atoms with van der Waals surface area (Å²) in [4.78, 5) is 0. The minimum Gasteiger partial charge on any atom is -0.411 e. The zero-order chi connectivity index (χ0) is 16.3. The summed E-state index contributed by atoms with van der Waals surface area (Å²) >= 11 is 0.